The normalized spacial score (nSPS) is 12.0. The molecule has 2 rings (SSSR count). The number of rotatable bonds is 5. The molecule has 2 aromatic rings. The highest BCUT2D eigenvalue weighted by atomic mass is 16.1. The standard InChI is InChI=1S/C18H22N2O/c1-13-9-10-17(14(2)11-13)20-18(21)12-19-15(3)16-7-5-4-6-8-16/h4-11,15,19H,12H2,1-3H3,(H,20,21)/p+1/t15-/m1/s1. The Kier molecular flexibility index (Phi) is 5.12. The van der Waals surface area contributed by atoms with E-state index in [1.807, 2.05) is 49.5 Å². The Bertz CT molecular complexity index is 608. The Morgan fingerprint density at radius 1 is 1.14 bits per heavy atom. The van der Waals surface area contributed by atoms with E-state index in [0.717, 1.165) is 11.3 Å². The van der Waals surface area contributed by atoms with Crippen LogP contribution in [0.5, 0.6) is 0 Å². The Morgan fingerprint density at radius 2 is 1.86 bits per heavy atom. The van der Waals surface area contributed by atoms with Crippen molar-refractivity contribution in [1.82, 2.24) is 0 Å². The van der Waals surface area contributed by atoms with Crippen LogP contribution in [-0.4, -0.2) is 12.5 Å². The molecule has 0 saturated carbocycles. The average molecular weight is 283 g/mol. The van der Waals surface area contributed by atoms with Crippen molar-refractivity contribution >= 4 is 11.6 Å². The molecule has 0 aliphatic carbocycles. The van der Waals surface area contributed by atoms with Crippen LogP contribution in [-0.2, 0) is 4.79 Å². The van der Waals surface area contributed by atoms with Crippen molar-refractivity contribution in [3.8, 4) is 0 Å². The molecule has 2 aromatic carbocycles. The number of nitrogens with one attached hydrogen (secondary N) is 1. The predicted molar refractivity (Wildman–Crippen MR) is 86.2 cm³/mol. The van der Waals surface area contributed by atoms with Crippen molar-refractivity contribution in [3.63, 3.8) is 0 Å². The van der Waals surface area contributed by atoms with Crippen LogP contribution in [0.2, 0.25) is 0 Å². The maximum atomic E-state index is 12.0. The van der Waals surface area contributed by atoms with Gasteiger partial charge in [-0.3, -0.25) is 4.79 Å². The first-order valence-electron chi connectivity index (χ1n) is 7.31. The molecule has 3 heteroatoms. The second-order valence-corrected chi connectivity index (χ2v) is 5.51. The van der Waals surface area contributed by atoms with Crippen molar-refractivity contribution in [3.05, 3.63) is 65.2 Å². The number of anilines is 1. The highest BCUT2D eigenvalue weighted by Crippen LogP contribution is 2.15. The molecule has 3 N–H and O–H groups in total. The quantitative estimate of drug-likeness (QED) is 0.870. The molecule has 0 radical (unpaired) electrons. The number of hydrogen-bond donors (Lipinski definition) is 2. The minimum atomic E-state index is 0.0322. The number of nitrogens with two attached hydrogens (primary N) is 1. The van der Waals surface area contributed by atoms with Crippen LogP contribution in [0.25, 0.3) is 0 Å². The summed E-state index contributed by atoms with van der Waals surface area (Å²) in [5.41, 5.74) is 4.43. The van der Waals surface area contributed by atoms with Gasteiger partial charge in [-0.05, 0) is 32.4 Å². The van der Waals surface area contributed by atoms with Gasteiger partial charge in [0.25, 0.3) is 5.91 Å². The van der Waals surface area contributed by atoms with Crippen LogP contribution < -0.4 is 10.6 Å². The van der Waals surface area contributed by atoms with E-state index < -0.39 is 0 Å². The van der Waals surface area contributed by atoms with Gasteiger partial charge >= 0.3 is 0 Å². The van der Waals surface area contributed by atoms with Crippen LogP contribution in [0.3, 0.4) is 0 Å². The fourth-order valence-electron chi connectivity index (χ4n) is 2.33. The molecular weight excluding hydrogens is 260 g/mol. The Hall–Kier alpha value is -2.13. The van der Waals surface area contributed by atoms with Gasteiger partial charge in [0, 0.05) is 11.3 Å². The van der Waals surface area contributed by atoms with E-state index >= 15 is 0 Å². The first-order chi connectivity index (χ1) is 10.1. The Balaban J connectivity index is 1.87. The Labute approximate surface area is 126 Å². The summed E-state index contributed by atoms with van der Waals surface area (Å²) in [6.07, 6.45) is 0. The second-order valence-electron chi connectivity index (χ2n) is 5.51. The highest BCUT2D eigenvalue weighted by molar-refractivity contribution is 5.92. The van der Waals surface area contributed by atoms with E-state index in [1.54, 1.807) is 0 Å². The predicted octanol–water partition coefficient (Wildman–Crippen LogP) is 2.57. The van der Waals surface area contributed by atoms with Crippen molar-refractivity contribution in [2.24, 2.45) is 0 Å². The first-order valence-corrected chi connectivity index (χ1v) is 7.31. The van der Waals surface area contributed by atoms with Crippen LogP contribution in [0.15, 0.2) is 48.5 Å². The molecule has 0 bridgehead atoms. The SMILES string of the molecule is Cc1ccc(NC(=O)C[NH2+][C@H](C)c2ccccc2)c(C)c1. The van der Waals surface area contributed by atoms with E-state index in [9.17, 15) is 4.79 Å². The smallest absolute Gasteiger partial charge is 0.279 e. The third-order valence-electron chi connectivity index (χ3n) is 3.64. The molecular formula is C18H23N2O+. The zero-order valence-electron chi connectivity index (χ0n) is 12.9. The van der Waals surface area contributed by atoms with Crippen molar-refractivity contribution in [2.75, 3.05) is 11.9 Å². The minimum Gasteiger partial charge on any atom is -0.333 e. The van der Waals surface area contributed by atoms with E-state index in [1.165, 1.54) is 11.1 Å². The lowest BCUT2D eigenvalue weighted by molar-refractivity contribution is -0.682. The summed E-state index contributed by atoms with van der Waals surface area (Å²) in [5.74, 6) is 0.0322. The lowest BCUT2D eigenvalue weighted by Gasteiger charge is -2.12. The molecule has 0 heterocycles. The van der Waals surface area contributed by atoms with E-state index in [0.29, 0.717) is 6.54 Å². The van der Waals surface area contributed by atoms with Gasteiger partial charge in [0.1, 0.15) is 6.04 Å². The fourth-order valence-corrected chi connectivity index (χ4v) is 2.33. The molecule has 0 aromatic heterocycles. The topological polar surface area (TPSA) is 45.7 Å². The van der Waals surface area contributed by atoms with Crippen LogP contribution >= 0.6 is 0 Å². The minimum absolute atomic E-state index is 0.0322. The molecule has 0 fully saturated rings. The summed E-state index contributed by atoms with van der Waals surface area (Å²) in [7, 11) is 0. The molecule has 21 heavy (non-hydrogen) atoms. The van der Waals surface area contributed by atoms with E-state index in [2.05, 4.69) is 30.4 Å². The molecule has 3 nitrogen and oxygen atoms in total. The third kappa shape index (κ3) is 4.43. The summed E-state index contributed by atoms with van der Waals surface area (Å²) in [5, 5.41) is 5.02. The van der Waals surface area contributed by atoms with E-state index in [-0.39, 0.29) is 11.9 Å². The number of hydrogen-bond acceptors (Lipinski definition) is 1. The van der Waals surface area contributed by atoms with Crippen LogP contribution in [0.1, 0.15) is 29.7 Å². The lowest BCUT2D eigenvalue weighted by atomic mass is 10.1. The number of quaternary nitrogens is 1. The maximum absolute atomic E-state index is 12.0. The van der Waals surface area contributed by atoms with Gasteiger partial charge in [-0.1, -0.05) is 48.0 Å². The van der Waals surface area contributed by atoms with Crippen molar-refractivity contribution < 1.29 is 10.1 Å². The van der Waals surface area contributed by atoms with Crippen molar-refractivity contribution in [2.45, 2.75) is 26.8 Å². The van der Waals surface area contributed by atoms with Gasteiger partial charge < -0.3 is 10.6 Å². The van der Waals surface area contributed by atoms with Gasteiger partial charge in [-0.25, -0.2) is 0 Å². The number of aryl methyl sites for hydroxylation is 2. The number of benzene rings is 2. The summed E-state index contributed by atoms with van der Waals surface area (Å²) in [6, 6.07) is 16.5. The number of carbonyl (C=O) groups excluding carboxylic acids is 1. The molecule has 0 aliphatic rings. The summed E-state index contributed by atoms with van der Waals surface area (Å²) in [6.45, 7) is 6.59. The average Bonchev–Trinajstić information content (AvgIpc) is 2.48. The second kappa shape index (κ2) is 7.04. The number of carbonyl (C=O) groups is 1. The van der Waals surface area contributed by atoms with Gasteiger partial charge in [0.15, 0.2) is 6.54 Å². The van der Waals surface area contributed by atoms with Gasteiger partial charge in [0.2, 0.25) is 0 Å². The van der Waals surface area contributed by atoms with Crippen LogP contribution in [0.4, 0.5) is 5.69 Å². The maximum Gasteiger partial charge on any atom is 0.279 e. The van der Waals surface area contributed by atoms with E-state index in [4.69, 9.17) is 0 Å². The lowest BCUT2D eigenvalue weighted by Crippen LogP contribution is -2.86. The summed E-state index contributed by atoms with van der Waals surface area (Å²) >= 11 is 0. The number of amides is 1. The molecule has 110 valence electrons. The summed E-state index contributed by atoms with van der Waals surface area (Å²) in [4.78, 5) is 12.0. The third-order valence-corrected chi connectivity index (χ3v) is 3.64. The fraction of sp³-hybridized carbons (Fsp3) is 0.278. The van der Waals surface area contributed by atoms with Gasteiger partial charge in [-0.15, -0.1) is 0 Å². The molecule has 0 unspecified atom stereocenters. The molecule has 0 saturated heterocycles. The first kappa shape index (κ1) is 15.3. The largest absolute Gasteiger partial charge is 0.333 e. The monoisotopic (exact) mass is 283 g/mol. The molecule has 0 aliphatic heterocycles. The van der Waals surface area contributed by atoms with Gasteiger partial charge in [-0.2, -0.15) is 0 Å². The van der Waals surface area contributed by atoms with Gasteiger partial charge in [0.05, 0.1) is 0 Å². The Morgan fingerprint density at radius 3 is 2.52 bits per heavy atom. The summed E-state index contributed by atoms with van der Waals surface area (Å²) < 4.78 is 0. The zero-order valence-corrected chi connectivity index (χ0v) is 12.9. The molecule has 0 spiro atoms. The van der Waals surface area contributed by atoms with Crippen LogP contribution in [0, 0.1) is 13.8 Å². The van der Waals surface area contributed by atoms with Crippen molar-refractivity contribution in [1.29, 1.82) is 0 Å². The molecule has 1 amide bonds. The zero-order chi connectivity index (χ0) is 15.2. The highest BCUT2D eigenvalue weighted by Gasteiger charge is 2.11. The molecule has 1 atom stereocenters.